The van der Waals surface area contributed by atoms with Crippen molar-refractivity contribution in [3.8, 4) is 5.75 Å². The summed E-state index contributed by atoms with van der Waals surface area (Å²) in [7, 11) is 1.20. The van der Waals surface area contributed by atoms with Crippen molar-refractivity contribution in [2.24, 2.45) is 5.16 Å². The molecule has 0 bridgehead atoms. The van der Waals surface area contributed by atoms with Gasteiger partial charge in [0, 0.05) is 19.0 Å². The average Bonchev–Trinajstić information content (AvgIpc) is 2.66. The van der Waals surface area contributed by atoms with Crippen LogP contribution in [0.1, 0.15) is 12.5 Å². The maximum absolute atomic E-state index is 12.9. The highest BCUT2D eigenvalue weighted by molar-refractivity contribution is 6.32. The van der Waals surface area contributed by atoms with E-state index in [0.29, 0.717) is 6.07 Å². The van der Waals surface area contributed by atoms with Crippen LogP contribution < -0.4 is 4.74 Å². The van der Waals surface area contributed by atoms with Crippen LogP contribution in [0.3, 0.4) is 0 Å². The van der Waals surface area contributed by atoms with E-state index < -0.39 is 45.4 Å². The fourth-order valence-electron chi connectivity index (χ4n) is 2.75. The maximum Gasteiger partial charge on any atom is 0.416 e. The molecule has 0 radical (unpaired) electrons. The van der Waals surface area contributed by atoms with E-state index in [0.717, 1.165) is 25.3 Å². The number of hydrogen-bond donors (Lipinski definition) is 0. The Morgan fingerprint density at radius 2 is 2.10 bits per heavy atom. The molecule has 0 saturated carbocycles. The molecule has 0 aromatic heterocycles. The number of carbonyl (C=O) groups excluding carboxylic acids is 1. The van der Waals surface area contributed by atoms with Crippen LogP contribution in [0.15, 0.2) is 47.7 Å². The molecule has 8 nitrogen and oxygen atoms in total. The van der Waals surface area contributed by atoms with Gasteiger partial charge in [-0.3, -0.25) is 10.1 Å². The minimum absolute atomic E-state index is 0.251. The number of benzene rings is 1. The fourth-order valence-corrected chi connectivity index (χ4v) is 2.97. The summed E-state index contributed by atoms with van der Waals surface area (Å²) in [5, 5.41) is 14.7. The van der Waals surface area contributed by atoms with E-state index in [9.17, 15) is 28.1 Å². The van der Waals surface area contributed by atoms with Crippen molar-refractivity contribution in [2.75, 3.05) is 7.11 Å². The van der Waals surface area contributed by atoms with Crippen LogP contribution in [0.25, 0.3) is 0 Å². The van der Waals surface area contributed by atoms with Gasteiger partial charge in [0.2, 0.25) is 5.60 Å². The second-order valence-electron chi connectivity index (χ2n) is 6.07. The van der Waals surface area contributed by atoms with Crippen molar-refractivity contribution in [3.05, 3.63) is 63.2 Å². The number of allylic oxidation sites excluding steroid dienone is 2. The standard InChI is InChI=1S/C18H16ClF3N2O6/c1-11(25)30-23-10-16(28-2)17(8-4-3-5-15(17)24(26)27)29-14-7-6-12(9-13(14)19)18(20,21)22/h3-10,15-16H,1-2H3/b23-10+. The Bertz CT molecular complexity index is 902. The molecule has 0 amide bonds. The lowest BCUT2D eigenvalue weighted by Gasteiger charge is -2.37. The van der Waals surface area contributed by atoms with Gasteiger partial charge in [-0.05, 0) is 30.4 Å². The first-order valence-corrected chi connectivity index (χ1v) is 8.68. The number of rotatable bonds is 7. The number of hydrogen-bond acceptors (Lipinski definition) is 7. The summed E-state index contributed by atoms with van der Waals surface area (Å²) >= 11 is 5.96. The number of halogens is 4. The third-order valence-electron chi connectivity index (χ3n) is 4.07. The average molecular weight is 449 g/mol. The third-order valence-corrected chi connectivity index (χ3v) is 4.37. The summed E-state index contributed by atoms with van der Waals surface area (Å²) < 4.78 is 49.8. The zero-order valence-corrected chi connectivity index (χ0v) is 16.4. The van der Waals surface area contributed by atoms with Gasteiger partial charge in [-0.25, -0.2) is 4.79 Å². The van der Waals surface area contributed by atoms with Crippen LogP contribution >= 0.6 is 11.6 Å². The van der Waals surface area contributed by atoms with Gasteiger partial charge >= 0.3 is 12.1 Å². The normalized spacial score (nSPS) is 22.1. The quantitative estimate of drug-likeness (QED) is 0.272. The van der Waals surface area contributed by atoms with Gasteiger partial charge in [0.25, 0.3) is 6.04 Å². The second kappa shape index (κ2) is 9.26. The van der Waals surface area contributed by atoms with Gasteiger partial charge in [-0.2, -0.15) is 13.2 Å². The molecule has 1 aromatic rings. The molecule has 0 aliphatic heterocycles. The number of oxime groups is 1. The SMILES string of the molecule is COC(/C=N/OC(C)=O)C1(Oc2ccc(C(F)(F)F)cc2Cl)C=CC=CC1[N+](=O)[O-]. The second-order valence-corrected chi connectivity index (χ2v) is 6.47. The van der Waals surface area contributed by atoms with Crippen molar-refractivity contribution in [1.29, 1.82) is 0 Å². The molecule has 0 fully saturated rings. The first-order chi connectivity index (χ1) is 14.0. The van der Waals surface area contributed by atoms with Crippen LogP contribution in [-0.2, 0) is 20.5 Å². The Balaban J connectivity index is 2.53. The molecule has 1 aliphatic carbocycles. The van der Waals surface area contributed by atoms with E-state index in [1.165, 1.54) is 31.4 Å². The lowest BCUT2D eigenvalue weighted by Crippen LogP contribution is -2.59. The predicted molar refractivity (Wildman–Crippen MR) is 99.9 cm³/mol. The van der Waals surface area contributed by atoms with Crippen LogP contribution in [0.5, 0.6) is 5.75 Å². The molecule has 162 valence electrons. The fraction of sp³-hybridized carbons (Fsp3) is 0.333. The van der Waals surface area contributed by atoms with E-state index in [1.54, 1.807) is 0 Å². The summed E-state index contributed by atoms with van der Waals surface area (Å²) in [6, 6.07) is 0.789. The monoisotopic (exact) mass is 448 g/mol. The van der Waals surface area contributed by atoms with Crippen LogP contribution in [0.4, 0.5) is 13.2 Å². The molecule has 0 spiro atoms. The van der Waals surface area contributed by atoms with E-state index in [2.05, 4.69) is 9.99 Å². The number of ether oxygens (including phenoxy) is 2. The molecule has 12 heteroatoms. The molecule has 30 heavy (non-hydrogen) atoms. The largest absolute Gasteiger partial charge is 0.471 e. The molecule has 0 heterocycles. The van der Waals surface area contributed by atoms with Crippen LogP contribution in [0, 0.1) is 10.1 Å². The van der Waals surface area contributed by atoms with Gasteiger partial charge in [0.1, 0.15) is 11.9 Å². The van der Waals surface area contributed by atoms with Crippen molar-refractivity contribution in [3.63, 3.8) is 0 Å². The van der Waals surface area contributed by atoms with Crippen molar-refractivity contribution >= 4 is 23.8 Å². The topological polar surface area (TPSA) is 100 Å². The molecular weight excluding hydrogens is 433 g/mol. The Hall–Kier alpha value is -2.92. The maximum atomic E-state index is 12.9. The van der Waals surface area contributed by atoms with E-state index >= 15 is 0 Å². The molecular formula is C18H16ClF3N2O6. The molecule has 3 atom stereocenters. The molecule has 2 rings (SSSR count). The van der Waals surface area contributed by atoms with Crippen molar-refractivity contribution in [2.45, 2.75) is 30.8 Å². The lowest BCUT2D eigenvalue weighted by molar-refractivity contribution is -0.528. The summed E-state index contributed by atoms with van der Waals surface area (Å²) in [4.78, 5) is 26.4. The summed E-state index contributed by atoms with van der Waals surface area (Å²) in [6.07, 6.45) is 0.392. The minimum Gasteiger partial charge on any atom is -0.471 e. The van der Waals surface area contributed by atoms with Crippen molar-refractivity contribution < 1.29 is 37.2 Å². The summed E-state index contributed by atoms with van der Waals surface area (Å²) in [5.74, 6) is -0.994. The third kappa shape index (κ3) is 5.16. The van der Waals surface area contributed by atoms with Crippen molar-refractivity contribution in [1.82, 2.24) is 0 Å². The van der Waals surface area contributed by atoms with Gasteiger partial charge in [-0.15, -0.1) is 0 Å². The summed E-state index contributed by atoms with van der Waals surface area (Å²) in [5.41, 5.74) is -2.92. The van der Waals surface area contributed by atoms with E-state index in [-0.39, 0.29) is 5.75 Å². The highest BCUT2D eigenvalue weighted by Gasteiger charge is 2.53. The smallest absolute Gasteiger partial charge is 0.416 e. The van der Waals surface area contributed by atoms with Gasteiger partial charge in [0.15, 0.2) is 0 Å². The molecule has 3 unspecified atom stereocenters. The van der Waals surface area contributed by atoms with Crippen LogP contribution in [-0.4, -0.2) is 42.0 Å². The Kier molecular flexibility index (Phi) is 7.21. The Morgan fingerprint density at radius 3 is 2.63 bits per heavy atom. The van der Waals surface area contributed by atoms with E-state index in [4.69, 9.17) is 21.1 Å². The van der Waals surface area contributed by atoms with Gasteiger partial charge < -0.3 is 14.3 Å². The molecule has 1 aliphatic rings. The van der Waals surface area contributed by atoms with Gasteiger partial charge in [-0.1, -0.05) is 28.9 Å². The predicted octanol–water partition coefficient (Wildman–Crippen LogP) is 3.81. The van der Waals surface area contributed by atoms with Gasteiger partial charge in [0.05, 0.1) is 16.8 Å². The minimum atomic E-state index is -4.64. The summed E-state index contributed by atoms with van der Waals surface area (Å²) in [6.45, 7) is 1.09. The number of nitro groups is 1. The first kappa shape index (κ1) is 23.4. The molecule has 0 N–H and O–H groups in total. The first-order valence-electron chi connectivity index (χ1n) is 8.30. The Morgan fingerprint density at radius 1 is 1.40 bits per heavy atom. The van der Waals surface area contributed by atoms with E-state index in [1.807, 2.05) is 0 Å². The molecule has 1 aromatic carbocycles. The zero-order valence-electron chi connectivity index (χ0n) is 15.6. The highest BCUT2D eigenvalue weighted by Crippen LogP contribution is 2.38. The zero-order chi connectivity index (χ0) is 22.5. The molecule has 0 saturated heterocycles. The number of methoxy groups -OCH3 is 1. The Labute approximate surface area is 173 Å². The lowest BCUT2D eigenvalue weighted by atomic mass is 9.84. The number of alkyl halides is 3. The number of carbonyl (C=O) groups is 1. The highest BCUT2D eigenvalue weighted by atomic mass is 35.5. The van der Waals surface area contributed by atoms with Crippen LogP contribution in [0.2, 0.25) is 5.02 Å². The number of nitrogens with zero attached hydrogens (tertiary/aromatic N) is 2.